The Balaban J connectivity index is 0.664. The van der Waals surface area contributed by atoms with Crippen molar-refractivity contribution in [3.63, 3.8) is 0 Å². The summed E-state index contributed by atoms with van der Waals surface area (Å²) in [5.41, 5.74) is 11.4. The first-order valence-corrected chi connectivity index (χ1v) is 25.6. The second kappa shape index (κ2) is 17.2. The van der Waals surface area contributed by atoms with Gasteiger partial charge in [-0.25, -0.2) is 9.37 Å². The number of aliphatic imine (C=N–C) groups is 1. The van der Waals surface area contributed by atoms with Gasteiger partial charge in [-0.1, -0.05) is 72.8 Å². The number of piperidine rings is 1. The summed E-state index contributed by atoms with van der Waals surface area (Å²) in [4.78, 5) is 16.0. The van der Waals surface area contributed by atoms with Gasteiger partial charge in [0.1, 0.15) is 34.5 Å². The van der Waals surface area contributed by atoms with Crippen LogP contribution in [0, 0.1) is 26.2 Å². The van der Waals surface area contributed by atoms with Gasteiger partial charge in [-0.05, 0) is 155 Å². The summed E-state index contributed by atoms with van der Waals surface area (Å²) in [7, 11) is 0. The minimum absolute atomic E-state index is 0.196. The highest BCUT2D eigenvalue weighted by Crippen LogP contribution is 2.51. The van der Waals surface area contributed by atoms with Crippen LogP contribution in [0.4, 0.5) is 10.1 Å². The number of benzene rings is 4. The van der Waals surface area contributed by atoms with E-state index in [2.05, 4.69) is 128 Å². The molecule has 1 saturated carbocycles. The number of hydrogen-bond acceptors (Lipinski definition) is 9. The maximum Gasteiger partial charge on any atom is 0.196 e. The van der Waals surface area contributed by atoms with E-state index in [0.29, 0.717) is 49.3 Å². The topological polar surface area (TPSA) is 95.8 Å². The average Bonchev–Trinajstić information content (AvgIpc) is 4.06. The van der Waals surface area contributed by atoms with Crippen molar-refractivity contribution in [1.82, 2.24) is 24.6 Å². The second-order valence-electron chi connectivity index (χ2n) is 20.7. The standard InChI is InChI=1S/C57H60FN7O2S/c1-36-37(2)68-55-51(36)53(60-49(32-50-59-27-30-67-50)54-62-61-38(3)65(54)55)43-13-16-45(17-14-43)64-33-56(34-64)23-25-57(58,26-24-56)35-63-28-21-40(22-29-63)39-9-11-42(12-10-39)52-47(41-7-5-4-6-8-41)19-15-44-31-46(66)18-20-48(44)52/h4-14,16-18,20,27,30-31,40,47,49,52,66H,15,19,21-26,28-29,32-35H2,1-3H3/t47-,49+,52+/m1/s1. The van der Waals surface area contributed by atoms with Crippen LogP contribution in [-0.4, -0.2) is 73.9 Å². The molecule has 3 fully saturated rings. The summed E-state index contributed by atoms with van der Waals surface area (Å²) in [5.74, 6) is 3.76. The average molecular weight is 926 g/mol. The Kier molecular flexibility index (Phi) is 11.0. The Bertz CT molecular complexity index is 2950. The molecule has 2 saturated heterocycles. The van der Waals surface area contributed by atoms with E-state index < -0.39 is 5.67 Å². The van der Waals surface area contributed by atoms with Crippen molar-refractivity contribution in [2.45, 2.75) is 108 Å². The van der Waals surface area contributed by atoms with Crippen molar-refractivity contribution in [2.24, 2.45) is 10.4 Å². The van der Waals surface area contributed by atoms with Gasteiger partial charge in [0.2, 0.25) is 0 Å². The van der Waals surface area contributed by atoms with Gasteiger partial charge >= 0.3 is 0 Å². The van der Waals surface area contributed by atoms with Gasteiger partial charge in [-0.2, -0.15) is 0 Å². The first-order valence-electron chi connectivity index (χ1n) is 24.8. The van der Waals surface area contributed by atoms with Crippen LogP contribution in [0.5, 0.6) is 5.75 Å². The third-order valence-electron chi connectivity index (χ3n) is 16.5. The third kappa shape index (κ3) is 7.89. The molecule has 9 nitrogen and oxygen atoms in total. The Hall–Kier alpha value is -5.91. The molecule has 3 aliphatic heterocycles. The zero-order chi connectivity index (χ0) is 46.1. The first kappa shape index (κ1) is 43.4. The molecule has 2 aliphatic carbocycles. The molecule has 5 aliphatic rings. The molecule has 348 valence electrons. The number of aromatic nitrogens is 4. The van der Waals surface area contributed by atoms with Crippen LogP contribution in [0.2, 0.25) is 0 Å². The number of likely N-dealkylation sites (tertiary alicyclic amines) is 1. The fourth-order valence-corrected chi connectivity index (χ4v) is 13.8. The predicted octanol–water partition coefficient (Wildman–Crippen LogP) is 11.9. The third-order valence-corrected chi connectivity index (χ3v) is 17.7. The van der Waals surface area contributed by atoms with Gasteiger partial charge in [0.25, 0.3) is 0 Å². The lowest BCUT2D eigenvalue weighted by atomic mass is 9.64. The summed E-state index contributed by atoms with van der Waals surface area (Å²) in [6.45, 7) is 10.8. The van der Waals surface area contributed by atoms with Crippen LogP contribution in [0.1, 0.15) is 136 Å². The van der Waals surface area contributed by atoms with Crippen LogP contribution in [0.15, 0.2) is 119 Å². The lowest BCUT2D eigenvalue weighted by molar-refractivity contribution is -0.00608. The van der Waals surface area contributed by atoms with Gasteiger partial charge in [0.05, 0.1) is 18.3 Å². The molecule has 11 heteroatoms. The van der Waals surface area contributed by atoms with E-state index in [1.54, 1.807) is 23.8 Å². The number of thiophene rings is 1. The van der Waals surface area contributed by atoms with Gasteiger partial charge in [-0.3, -0.25) is 9.56 Å². The molecule has 0 amide bonds. The fourth-order valence-electron chi connectivity index (χ4n) is 12.6. The van der Waals surface area contributed by atoms with E-state index in [1.165, 1.54) is 43.9 Å². The number of nitrogens with zero attached hydrogens (tertiary/aromatic N) is 7. The number of halogens is 1. The molecule has 3 atom stereocenters. The van der Waals surface area contributed by atoms with E-state index in [4.69, 9.17) is 9.41 Å². The molecule has 0 radical (unpaired) electrons. The Morgan fingerprint density at radius 2 is 1.57 bits per heavy atom. The molecule has 3 aromatic heterocycles. The quantitative estimate of drug-likeness (QED) is 0.154. The summed E-state index contributed by atoms with van der Waals surface area (Å²) in [6.07, 6.45) is 11.1. The lowest BCUT2D eigenvalue weighted by Gasteiger charge is -2.56. The zero-order valence-corrected chi connectivity index (χ0v) is 40.2. The molecule has 68 heavy (non-hydrogen) atoms. The van der Waals surface area contributed by atoms with Crippen LogP contribution in [-0.2, 0) is 12.8 Å². The number of aryl methyl sites for hydroxylation is 3. The van der Waals surface area contributed by atoms with Crippen molar-refractivity contribution < 1.29 is 13.9 Å². The van der Waals surface area contributed by atoms with Gasteiger partial charge in [-0.15, -0.1) is 21.5 Å². The highest BCUT2D eigenvalue weighted by Gasteiger charge is 2.50. The smallest absolute Gasteiger partial charge is 0.196 e. The summed E-state index contributed by atoms with van der Waals surface area (Å²) in [5, 5.41) is 20.5. The predicted molar refractivity (Wildman–Crippen MR) is 268 cm³/mol. The summed E-state index contributed by atoms with van der Waals surface area (Å²) >= 11 is 1.76. The molecule has 4 aromatic carbocycles. The van der Waals surface area contributed by atoms with Gasteiger partial charge < -0.3 is 19.3 Å². The van der Waals surface area contributed by atoms with E-state index >= 15 is 4.39 Å². The van der Waals surface area contributed by atoms with Gasteiger partial charge in [0.15, 0.2) is 11.7 Å². The number of alkyl halides is 1. The molecule has 7 aromatic rings. The summed E-state index contributed by atoms with van der Waals surface area (Å²) < 4.78 is 24.6. The number of phenols is 1. The SMILES string of the molecule is Cc1sc2c(c1C)C(c1ccc(N3CC4(CCC(F)(CN5CCC(c6ccc([C@@H]7c8ccc(O)cc8CC[C@@H]7c7ccccc7)cc6)CC5)CC4)C3)cc1)=N[C@@H](Cc1ncco1)c1nnc(C)n1-2. The molecule has 0 unspecified atom stereocenters. The van der Waals surface area contributed by atoms with Crippen molar-refractivity contribution in [2.75, 3.05) is 37.6 Å². The van der Waals surface area contributed by atoms with Crippen LogP contribution in [0.25, 0.3) is 5.00 Å². The van der Waals surface area contributed by atoms with Crippen molar-refractivity contribution in [3.05, 3.63) is 176 Å². The number of fused-ring (bicyclic) bond motifs is 4. The van der Waals surface area contributed by atoms with Crippen molar-refractivity contribution in [1.29, 1.82) is 0 Å². The van der Waals surface area contributed by atoms with E-state index in [1.807, 2.05) is 19.1 Å². The first-order chi connectivity index (χ1) is 33.1. The Morgan fingerprint density at radius 3 is 2.31 bits per heavy atom. The maximum absolute atomic E-state index is 16.7. The summed E-state index contributed by atoms with van der Waals surface area (Å²) in [6, 6.07) is 34.9. The van der Waals surface area contributed by atoms with Gasteiger partial charge in [0, 0.05) is 52.7 Å². The Morgan fingerprint density at radius 1 is 0.824 bits per heavy atom. The molecule has 0 bridgehead atoms. The largest absolute Gasteiger partial charge is 0.508 e. The minimum Gasteiger partial charge on any atom is -0.508 e. The molecular weight excluding hydrogens is 866 g/mol. The normalized spacial score (nSPS) is 22.2. The van der Waals surface area contributed by atoms with E-state index in [-0.39, 0.29) is 17.4 Å². The lowest BCUT2D eigenvalue weighted by Crippen LogP contribution is -2.60. The highest BCUT2D eigenvalue weighted by molar-refractivity contribution is 7.15. The molecule has 1 N–H and O–H groups in total. The monoisotopic (exact) mass is 925 g/mol. The van der Waals surface area contributed by atoms with Crippen LogP contribution < -0.4 is 4.90 Å². The molecule has 12 rings (SSSR count). The van der Waals surface area contributed by atoms with E-state index in [0.717, 1.165) is 98.2 Å². The number of anilines is 1. The van der Waals surface area contributed by atoms with Crippen LogP contribution in [0.3, 0.4) is 0 Å². The molecule has 1 spiro atoms. The van der Waals surface area contributed by atoms with Crippen molar-refractivity contribution in [3.8, 4) is 10.8 Å². The number of hydrogen-bond donors (Lipinski definition) is 1. The zero-order valence-electron chi connectivity index (χ0n) is 39.4. The molecule has 6 heterocycles. The number of phenolic OH excluding ortho intramolecular Hbond substituents is 1. The Labute approximate surface area is 402 Å². The minimum atomic E-state index is -1.11. The number of oxazole rings is 1. The molecular formula is C57H60FN7O2S. The fraction of sp³-hybridized carbons (Fsp3) is 0.404. The second-order valence-corrected chi connectivity index (χ2v) is 21.9. The van der Waals surface area contributed by atoms with Crippen LogP contribution >= 0.6 is 11.3 Å². The number of aromatic hydroxyl groups is 1. The number of rotatable bonds is 9. The van der Waals surface area contributed by atoms with E-state index in [9.17, 15) is 5.11 Å². The maximum atomic E-state index is 16.7. The van der Waals surface area contributed by atoms with Crippen molar-refractivity contribution >= 4 is 22.7 Å². The highest BCUT2D eigenvalue weighted by atomic mass is 32.1.